The van der Waals surface area contributed by atoms with E-state index in [0.29, 0.717) is 6.04 Å². The molecule has 22 heavy (non-hydrogen) atoms. The van der Waals surface area contributed by atoms with Gasteiger partial charge in [0.1, 0.15) is 0 Å². The van der Waals surface area contributed by atoms with Gasteiger partial charge in [-0.05, 0) is 50.8 Å². The van der Waals surface area contributed by atoms with Gasteiger partial charge in [-0.2, -0.15) is 0 Å². The summed E-state index contributed by atoms with van der Waals surface area (Å²) in [5, 5.41) is 6.22. The van der Waals surface area contributed by atoms with Gasteiger partial charge in [0.15, 0.2) is 0 Å². The fourth-order valence-electron chi connectivity index (χ4n) is 3.00. The summed E-state index contributed by atoms with van der Waals surface area (Å²) in [6.45, 7) is 10.0. The van der Waals surface area contributed by atoms with Crippen molar-refractivity contribution in [2.75, 3.05) is 0 Å². The second kappa shape index (κ2) is 6.99. The van der Waals surface area contributed by atoms with Crippen LogP contribution in [0.4, 0.5) is 4.79 Å². The van der Waals surface area contributed by atoms with Crippen molar-refractivity contribution in [1.29, 1.82) is 0 Å². The van der Waals surface area contributed by atoms with Gasteiger partial charge in [0.2, 0.25) is 0 Å². The highest BCUT2D eigenvalue weighted by atomic mass is 16.2. The van der Waals surface area contributed by atoms with Crippen LogP contribution in [0.1, 0.15) is 64.0 Å². The summed E-state index contributed by atoms with van der Waals surface area (Å²) in [4.78, 5) is 12.3. The molecule has 120 valence electrons. The number of hydrogen-bond donors (Lipinski definition) is 2. The second-order valence-corrected chi connectivity index (χ2v) is 6.92. The highest BCUT2D eigenvalue weighted by Gasteiger charge is 2.24. The number of urea groups is 1. The Balaban J connectivity index is 2.01. The first-order valence-electron chi connectivity index (χ1n) is 8.23. The molecule has 1 saturated carbocycles. The number of amides is 2. The van der Waals surface area contributed by atoms with Crippen LogP contribution in [0.15, 0.2) is 30.8 Å². The molecular formula is C19H28N2O. The number of allylic oxidation sites excluding steroid dienone is 1. The minimum Gasteiger partial charge on any atom is -0.335 e. The van der Waals surface area contributed by atoms with E-state index in [-0.39, 0.29) is 6.03 Å². The van der Waals surface area contributed by atoms with E-state index in [1.807, 2.05) is 39.0 Å². The molecule has 1 aromatic carbocycles. The third-order valence-electron chi connectivity index (χ3n) is 4.44. The molecule has 2 amide bonds. The molecule has 0 saturated heterocycles. The summed E-state index contributed by atoms with van der Waals surface area (Å²) in [6, 6.07) is 8.46. The van der Waals surface area contributed by atoms with Crippen LogP contribution in [0.3, 0.4) is 0 Å². The van der Waals surface area contributed by atoms with Crippen LogP contribution >= 0.6 is 0 Å². The molecule has 0 spiro atoms. The third-order valence-corrected chi connectivity index (χ3v) is 4.44. The minimum atomic E-state index is -0.412. The van der Waals surface area contributed by atoms with E-state index in [0.717, 1.165) is 29.5 Å². The first kappa shape index (κ1) is 16.6. The van der Waals surface area contributed by atoms with Gasteiger partial charge in [0.25, 0.3) is 0 Å². The SMILES string of the molecule is C=C(C)c1cccc(C(C)(C)NC(=O)NC2CCCCC2)c1. The molecule has 0 aliphatic heterocycles. The lowest BCUT2D eigenvalue weighted by Crippen LogP contribution is -2.49. The van der Waals surface area contributed by atoms with Crippen LogP contribution in [0.5, 0.6) is 0 Å². The topological polar surface area (TPSA) is 41.1 Å². The molecule has 1 aliphatic carbocycles. The van der Waals surface area contributed by atoms with Crippen molar-refractivity contribution < 1.29 is 4.79 Å². The fourth-order valence-corrected chi connectivity index (χ4v) is 3.00. The monoisotopic (exact) mass is 300 g/mol. The molecule has 0 atom stereocenters. The summed E-state index contributed by atoms with van der Waals surface area (Å²) < 4.78 is 0. The van der Waals surface area contributed by atoms with Crippen molar-refractivity contribution in [3.8, 4) is 0 Å². The van der Waals surface area contributed by atoms with E-state index < -0.39 is 5.54 Å². The predicted molar refractivity (Wildman–Crippen MR) is 92.7 cm³/mol. The molecule has 0 aromatic heterocycles. The number of carbonyl (C=O) groups is 1. The van der Waals surface area contributed by atoms with Crippen LogP contribution in [0, 0.1) is 0 Å². The van der Waals surface area contributed by atoms with Gasteiger partial charge < -0.3 is 10.6 Å². The smallest absolute Gasteiger partial charge is 0.315 e. The minimum absolute atomic E-state index is 0.0716. The van der Waals surface area contributed by atoms with Crippen molar-refractivity contribution in [2.45, 2.75) is 64.5 Å². The Labute approximate surface area is 134 Å². The lowest BCUT2D eigenvalue weighted by atomic mass is 9.91. The molecule has 0 bridgehead atoms. The van der Waals surface area contributed by atoms with E-state index in [1.54, 1.807) is 0 Å². The Morgan fingerprint density at radius 2 is 1.91 bits per heavy atom. The third kappa shape index (κ3) is 4.36. The van der Waals surface area contributed by atoms with Gasteiger partial charge >= 0.3 is 6.03 Å². The second-order valence-electron chi connectivity index (χ2n) is 6.92. The summed E-state index contributed by atoms with van der Waals surface area (Å²) in [7, 11) is 0. The number of benzene rings is 1. The number of hydrogen-bond acceptors (Lipinski definition) is 1. The molecular weight excluding hydrogens is 272 g/mol. The van der Waals surface area contributed by atoms with Crippen molar-refractivity contribution >= 4 is 11.6 Å². The maximum Gasteiger partial charge on any atom is 0.315 e. The quantitative estimate of drug-likeness (QED) is 0.839. The molecule has 3 heteroatoms. The maximum absolute atomic E-state index is 12.3. The molecule has 0 unspecified atom stereocenters. The Kier molecular flexibility index (Phi) is 5.28. The van der Waals surface area contributed by atoms with E-state index >= 15 is 0 Å². The van der Waals surface area contributed by atoms with E-state index in [1.165, 1.54) is 19.3 Å². The Hall–Kier alpha value is -1.77. The fraction of sp³-hybridized carbons (Fsp3) is 0.526. The Morgan fingerprint density at radius 1 is 1.23 bits per heavy atom. The van der Waals surface area contributed by atoms with Crippen LogP contribution in [-0.4, -0.2) is 12.1 Å². The largest absolute Gasteiger partial charge is 0.335 e. The van der Waals surface area contributed by atoms with Gasteiger partial charge in [0.05, 0.1) is 5.54 Å². The van der Waals surface area contributed by atoms with Gasteiger partial charge in [-0.25, -0.2) is 4.79 Å². The van der Waals surface area contributed by atoms with Gasteiger partial charge in [0, 0.05) is 6.04 Å². The predicted octanol–water partition coefficient (Wildman–Crippen LogP) is 4.59. The van der Waals surface area contributed by atoms with E-state index in [2.05, 4.69) is 23.3 Å². The highest BCUT2D eigenvalue weighted by molar-refractivity contribution is 5.75. The number of nitrogens with one attached hydrogen (secondary N) is 2. The lowest BCUT2D eigenvalue weighted by Gasteiger charge is -2.30. The van der Waals surface area contributed by atoms with Crippen molar-refractivity contribution in [3.63, 3.8) is 0 Å². The zero-order chi connectivity index (χ0) is 16.2. The van der Waals surface area contributed by atoms with E-state index in [9.17, 15) is 4.79 Å². The molecule has 0 heterocycles. The average molecular weight is 300 g/mol. The Morgan fingerprint density at radius 3 is 2.55 bits per heavy atom. The van der Waals surface area contributed by atoms with Gasteiger partial charge in [-0.3, -0.25) is 0 Å². The molecule has 0 radical (unpaired) electrons. The van der Waals surface area contributed by atoms with Crippen molar-refractivity contribution in [2.24, 2.45) is 0 Å². The van der Waals surface area contributed by atoms with Crippen molar-refractivity contribution in [3.05, 3.63) is 42.0 Å². The van der Waals surface area contributed by atoms with Crippen LogP contribution in [-0.2, 0) is 5.54 Å². The molecule has 1 fully saturated rings. The first-order chi connectivity index (χ1) is 10.4. The highest BCUT2D eigenvalue weighted by Crippen LogP contribution is 2.24. The maximum atomic E-state index is 12.3. The molecule has 3 nitrogen and oxygen atoms in total. The van der Waals surface area contributed by atoms with Crippen LogP contribution < -0.4 is 10.6 Å². The van der Waals surface area contributed by atoms with Crippen molar-refractivity contribution in [1.82, 2.24) is 10.6 Å². The summed E-state index contributed by atoms with van der Waals surface area (Å²) in [5.41, 5.74) is 2.82. The average Bonchev–Trinajstić information content (AvgIpc) is 2.47. The summed E-state index contributed by atoms with van der Waals surface area (Å²) >= 11 is 0. The molecule has 1 aliphatic rings. The number of carbonyl (C=O) groups excluding carboxylic acids is 1. The normalized spacial score (nSPS) is 16.1. The van der Waals surface area contributed by atoms with Gasteiger partial charge in [-0.15, -0.1) is 0 Å². The standard InChI is InChI=1S/C19H28N2O/c1-14(2)15-9-8-10-16(13-15)19(3,4)21-18(22)20-17-11-6-5-7-12-17/h8-10,13,17H,1,5-7,11-12H2,2-4H3,(H2,20,21,22). The zero-order valence-electron chi connectivity index (χ0n) is 14.0. The van der Waals surface area contributed by atoms with Crippen LogP contribution in [0.2, 0.25) is 0 Å². The van der Waals surface area contributed by atoms with Gasteiger partial charge in [-0.1, -0.05) is 49.6 Å². The molecule has 2 N–H and O–H groups in total. The zero-order valence-corrected chi connectivity index (χ0v) is 14.0. The lowest BCUT2D eigenvalue weighted by molar-refractivity contribution is 0.222. The summed E-state index contributed by atoms with van der Waals surface area (Å²) in [5.74, 6) is 0. The van der Waals surface area contributed by atoms with E-state index in [4.69, 9.17) is 0 Å². The molecule has 2 rings (SSSR count). The first-order valence-corrected chi connectivity index (χ1v) is 8.23. The number of rotatable bonds is 4. The Bertz CT molecular complexity index is 542. The molecule has 1 aromatic rings. The van der Waals surface area contributed by atoms with Crippen LogP contribution in [0.25, 0.3) is 5.57 Å². The summed E-state index contributed by atoms with van der Waals surface area (Å²) in [6.07, 6.45) is 5.92.